The maximum Gasteiger partial charge on any atom is 0.257 e. The Bertz CT molecular complexity index is 1090. The standard InChI is InChI=1S/C23H26N4O4S2/c1-4-19(28)26-7-9-27(10-8-26)22(30)16-12-18(14(2)11-17(16)31-3)32-20-13-24-23(33-20)25-21(29)15-5-6-15/h4,11-13,15H,1,5-10H2,2-3H3,(H,24,25,29). The molecule has 33 heavy (non-hydrogen) atoms. The summed E-state index contributed by atoms with van der Waals surface area (Å²) in [5, 5.41) is 3.46. The lowest BCUT2D eigenvalue weighted by atomic mass is 10.1. The molecule has 2 aliphatic rings. The van der Waals surface area contributed by atoms with E-state index in [9.17, 15) is 14.4 Å². The predicted octanol–water partition coefficient (Wildman–Crippen LogP) is 3.43. The summed E-state index contributed by atoms with van der Waals surface area (Å²) in [6.45, 7) is 7.35. The molecule has 1 N–H and O–H groups in total. The first-order valence-corrected chi connectivity index (χ1v) is 12.4. The van der Waals surface area contributed by atoms with E-state index >= 15 is 0 Å². The van der Waals surface area contributed by atoms with Crippen LogP contribution in [0.3, 0.4) is 0 Å². The van der Waals surface area contributed by atoms with E-state index in [1.807, 2.05) is 19.1 Å². The first kappa shape index (κ1) is 23.3. The minimum atomic E-state index is -0.124. The number of aryl methyl sites for hydroxylation is 1. The van der Waals surface area contributed by atoms with Crippen LogP contribution in [-0.4, -0.2) is 65.8 Å². The smallest absolute Gasteiger partial charge is 0.257 e. The van der Waals surface area contributed by atoms with Crippen molar-refractivity contribution in [3.63, 3.8) is 0 Å². The molecule has 0 bridgehead atoms. The summed E-state index contributed by atoms with van der Waals surface area (Å²) in [6, 6.07) is 3.72. The molecule has 1 saturated carbocycles. The highest BCUT2D eigenvalue weighted by molar-refractivity contribution is 8.01. The third-order valence-electron chi connectivity index (χ3n) is 5.65. The van der Waals surface area contributed by atoms with Crippen LogP contribution in [0.15, 0.2) is 40.1 Å². The fourth-order valence-corrected chi connectivity index (χ4v) is 5.51. The van der Waals surface area contributed by atoms with Crippen LogP contribution in [0, 0.1) is 12.8 Å². The van der Waals surface area contributed by atoms with Gasteiger partial charge in [0.05, 0.1) is 23.1 Å². The second-order valence-electron chi connectivity index (χ2n) is 7.99. The van der Waals surface area contributed by atoms with Crippen molar-refractivity contribution in [1.82, 2.24) is 14.8 Å². The Kier molecular flexibility index (Phi) is 7.04. The van der Waals surface area contributed by atoms with E-state index in [2.05, 4.69) is 16.9 Å². The van der Waals surface area contributed by atoms with Gasteiger partial charge in [-0.1, -0.05) is 29.7 Å². The zero-order valence-corrected chi connectivity index (χ0v) is 20.3. The molecule has 0 atom stereocenters. The molecule has 2 aromatic rings. The average Bonchev–Trinajstić information content (AvgIpc) is 3.60. The molecule has 2 heterocycles. The van der Waals surface area contributed by atoms with Gasteiger partial charge >= 0.3 is 0 Å². The molecule has 4 rings (SSSR count). The molecule has 8 nitrogen and oxygen atoms in total. The van der Waals surface area contributed by atoms with Crippen molar-refractivity contribution in [1.29, 1.82) is 0 Å². The van der Waals surface area contributed by atoms with Crippen LogP contribution in [0.25, 0.3) is 0 Å². The van der Waals surface area contributed by atoms with E-state index < -0.39 is 0 Å². The van der Waals surface area contributed by atoms with Crippen LogP contribution in [-0.2, 0) is 9.59 Å². The van der Waals surface area contributed by atoms with Gasteiger partial charge in [-0.2, -0.15) is 0 Å². The number of nitrogens with one attached hydrogen (secondary N) is 1. The highest BCUT2D eigenvalue weighted by Gasteiger charge is 2.30. The van der Waals surface area contributed by atoms with Gasteiger partial charge in [-0.25, -0.2) is 4.98 Å². The molecule has 2 fully saturated rings. The van der Waals surface area contributed by atoms with Crippen molar-refractivity contribution in [2.24, 2.45) is 5.92 Å². The van der Waals surface area contributed by atoms with Gasteiger partial charge in [-0.15, -0.1) is 0 Å². The summed E-state index contributed by atoms with van der Waals surface area (Å²) in [6.07, 6.45) is 4.92. The van der Waals surface area contributed by atoms with Crippen LogP contribution >= 0.6 is 23.1 Å². The Hall–Kier alpha value is -2.85. The van der Waals surface area contributed by atoms with Gasteiger partial charge in [-0.05, 0) is 43.5 Å². The van der Waals surface area contributed by atoms with E-state index in [-0.39, 0.29) is 23.6 Å². The Morgan fingerprint density at radius 2 is 1.91 bits per heavy atom. The van der Waals surface area contributed by atoms with E-state index in [0.29, 0.717) is 42.6 Å². The average molecular weight is 487 g/mol. The van der Waals surface area contributed by atoms with Crippen molar-refractivity contribution >= 4 is 46.0 Å². The number of rotatable bonds is 7. The van der Waals surface area contributed by atoms with Gasteiger partial charge in [0.1, 0.15) is 5.75 Å². The first-order valence-electron chi connectivity index (χ1n) is 10.7. The first-order chi connectivity index (χ1) is 15.9. The molecule has 1 aromatic carbocycles. The molecule has 0 spiro atoms. The SMILES string of the molecule is C=CC(=O)N1CCN(C(=O)c2cc(Sc3cnc(NC(=O)C4CC4)s3)c(C)cc2OC)CC1. The Morgan fingerprint density at radius 1 is 1.21 bits per heavy atom. The maximum absolute atomic E-state index is 13.3. The Labute approximate surface area is 201 Å². The van der Waals surface area contributed by atoms with E-state index in [0.717, 1.165) is 27.5 Å². The van der Waals surface area contributed by atoms with Crippen molar-refractivity contribution in [2.75, 3.05) is 38.6 Å². The lowest BCUT2D eigenvalue weighted by Crippen LogP contribution is -2.50. The molecule has 0 unspecified atom stereocenters. The maximum atomic E-state index is 13.3. The van der Waals surface area contributed by atoms with Crippen molar-refractivity contribution in [3.05, 3.63) is 42.1 Å². The van der Waals surface area contributed by atoms with E-state index in [1.165, 1.54) is 29.2 Å². The number of thiazole rings is 1. The van der Waals surface area contributed by atoms with E-state index in [1.54, 1.807) is 23.1 Å². The number of piperazine rings is 1. The number of amides is 3. The van der Waals surface area contributed by atoms with Crippen molar-refractivity contribution < 1.29 is 19.1 Å². The predicted molar refractivity (Wildman–Crippen MR) is 128 cm³/mol. The molecule has 3 amide bonds. The summed E-state index contributed by atoms with van der Waals surface area (Å²) < 4.78 is 6.43. The number of aromatic nitrogens is 1. The number of nitrogens with zero attached hydrogens (tertiary/aromatic N) is 3. The third kappa shape index (κ3) is 5.39. The summed E-state index contributed by atoms with van der Waals surface area (Å²) in [5.41, 5.74) is 1.47. The van der Waals surface area contributed by atoms with Crippen molar-refractivity contribution in [3.8, 4) is 5.75 Å². The molecule has 1 aliphatic carbocycles. The second kappa shape index (κ2) is 9.96. The highest BCUT2D eigenvalue weighted by atomic mass is 32.2. The number of benzene rings is 1. The van der Waals surface area contributed by atoms with Crippen LogP contribution in [0.5, 0.6) is 5.75 Å². The van der Waals surface area contributed by atoms with Gasteiger partial charge in [0.25, 0.3) is 5.91 Å². The van der Waals surface area contributed by atoms with Gasteiger partial charge in [0, 0.05) is 37.0 Å². The number of hydrogen-bond acceptors (Lipinski definition) is 7. The minimum absolute atomic E-state index is 0.0318. The Morgan fingerprint density at radius 3 is 2.55 bits per heavy atom. The Balaban J connectivity index is 1.48. The minimum Gasteiger partial charge on any atom is -0.496 e. The number of carbonyl (C=O) groups is 3. The van der Waals surface area contributed by atoms with Crippen molar-refractivity contribution in [2.45, 2.75) is 28.9 Å². The van der Waals surface area contributed by atoms with Crippen LogP contribution < -0.4 is 10.1 Å². The molecule has 1 aliphatic heterocycles. The molecule has 0 radical (unpaired) electrons. The highest BCUT2D eigenvalue weighted by Crippen LogP contribution is 2.39. The van der Waals surface area contributed by atoms with E-state index in [4.69, 9.17) is 4.74 Å². The van der Waals surface area contributed by atoms with Gasteiger partial charge in [0.15, 0.2) is 5.13 Å². The summed E-state index contributed by atoms with van der Waals surface area (Å²) in [4.78, 5) is 45.8. The molecule has 1 aromatic heterocycles. The normalized spacial score (nSPS) is 15.8. The lowest BCUT2D eigenvalue weighted by Gasteiger charge is -2.34. The summed E-state index contributed by atoms with van der Waals surface area (Å²) in [7, 11) is 1.55. The molecular weight excluding hydrogens is 460 g/mol. The van der Waals surface area contributed by atoms with Gasteiger partial charge in [-0.3, -0.25) is 14.4 Å². The van der Waals surface area contributed by atoms with Crippen LogP contribution in [0.4, 0.5) is 5.13 Å². The zero-order valence-electron chi connectivity index (χ0n) is 18.6. The lowest BCUT2D eigenvalue weighted by molar-refractivity contribution is -0.127. The summed E-state index contributed by atoms with van der Waals surface area (Å²) in [5.74, 6) is 0.434. The molecule has 1 saturated heterocycles. The quantitative estimate of drug-likeness (QED) is 0.603. The number of hydrogen-bond donors (Lipinski definition) is 1. The third-order valence-corrected chi connectivity index (χ3v) is 7.83. The number of anilines is 1. The largest absolute Gasteiger partial charge is 0.496 e. The van der Waals surface area contributed by atoms with Gasteiger partial charge < -0.3 is 19.9 Å². The number of methoxy groups -OCH3 is 1. The topological polar surface area (TPSA) is 91.8 Å². The molecule has 174 valence electrons. The molecular formula is C23H26N4O4S2. The van der Waals surface area contributed by atoms with Gasteiger partial charge in [0.2, 0.25) is 11.8 Å². The van der Waals surface area contributed by atoms with Crippen LogP contribution in [0.1, 0.15) is 28.8 Å². The second-order valence-corrected chi connectivity index (χ2v) is 10.4. The van der Waals surface area contributed by atoms with Crippen LogP contribution in [0.2, 0.25) is 0 Å². The zero-order chi connectivity index (χ0) is 23.5. The molecule has 10 heteroatoms. The number of ether oxygens (including phenoxy) is 1. The summed E-state index contributed by atoms with van der Waals surface area (Å²) >= 11 is 2.92. The fourth-order valence-electron chi connectivity index (χ4n) is 3.56. The number of carbonyl (C=O) groups excluding carboxylic acids is 3. The fraction of sp³-hybridized carbons (Fsp3) is 0.391. The monoisotopic (exact) mass is 486 g/mol.